The Labute approximate surface area is 127 Å². The molecule has 0 spiro atoms. The molecule has 2 atom stereocenters. The summed E-state index contributed by atoms with van der Waals surface area (Å²) in [5, 5.41) is 6.54. The number of nitrogens with one attached hydrogen (secondary N) is 1. The van der Waals surface area contributed by atoms with Crippen molar-refractivity contribution in [3.05, 3.63) is 30.0 Å². The monoisotopic (exact) mass is 306 g/mol. The van der Waals surface area contributed by atoms with E-state index in [0.29, 0.717) is 6.61 Å². The van der Waals surface area contributed by atoms with Gasteiger partial charge in [0.25, 0.3) is 11.8 Å². The second-order valence-electron chi connectivity index (χ2n) is 4.97. The fraction of sp³-hybridized carbons (Fsp3) is 0.500. The van der Waals surface area contributed by atoms with Crippen LogP contribution >= 0.6 is 0 Å². The van der Waals surface area contributed by atoms with Crippen molar-refractivity contribution < 1.29 is 18.8 Å². The highest BCUT2D eigenvalue weighted by Crippen LogP contribution is 2.28. The molecule has 8 nitrogen and oxygen atoms in total. The molecule has 1 aliphatic rings. The molecule has 0 unspecified atom stereocenters. The first-order valence-electron chi connectivity index (χ1n) is 7.17. The van der Waals surface area contributed by atoms with Crippen LogP contribution in [0.2, 0.25) is 0 Å². The molecule has 2 aromatic rings. The van der Waals surface area contributed by atoms with Crippen LogP contribution in [0.5, 0.6) is 5.88 Å². The molecule has 0 aromatic carbocycles. The summed E-state index contributed by atoms with van der Waals surface area (Å²) in [7, 11) is 1.46. The van der Waals surface area contributed by atoms with Crippen molar-refractivity contribution in [1.82, 2.24) is 20.0 Å². The van der Waals surface area contributed by atoms with Crippen LogP contribution in [-0.2, 0) is 11.3 Å². The van der Waals surface area contributed by atoms with Crippen LogP contribution in [-0.4, -0.2) is 40.4 Å². The third-order valence-electron chi connectivity index (χ3n) is 3.67. The molecular formula is C14H18N4O4. The van der Waals surface area contributed by atoms with E-state index in [1.807, 2.05) is 17.7 Å². The average Bonchev–Trinajstić information content (AvgIpc) is 3.26. The fourth-order valence-electron chi connectivity index (χ4n) is 2.54. The molecule has 1 fully saturated rings. The van der Waals surface area contributed by atoms with Gasteiger partial charge in [0.05, 0.1) is 19.2 Å². The van der Waals surface area contributed by atoms with Gasteiger partial charge in [0.1, 0.15) is 11.9 Å². The van der Waals surface area contributed by atoms with E-state index >= 15 is 0 Å². The molecule has 2 aromatic heterocycles. The van der Waals surface area contributed by atoms with Gasteiger partial charge in [0.15, 0.2) is 0 Å². The molecule has 1 saturated heterocycles. The van der Waals surface area contributed by atoms with Gasteiger partial charge in [0.2, 0.25) is 5.76 Å². The van der Waals surface area contributed by atoms with Gasteiger partial charge >= 0.3 is 0 Å². The normalized spacial score (nSPS) is 21.0. The summed E-state index contributed by atoms with van der Waals surface area (Å²) >= 11 is 0. The van der Waals surface area contributed by atoms with Gasteiger partial charge in [-0.25, -0.2) is 4.98 Å². The SMILES string of the molecule is CCn1ccnc1[C@H]1OCC[C@@H]1NC(=O)c1cc(OC)no1. The lowest BCUT2D eigenvalue weighted by atomic mass is 10.1. The van der Waals surface area contributed by atoms with Crippen LogP contribution < -0.4 is 10.1 Å². The predicted molar refractivity (Wildman–Crippen MR) is 75.5 cm³/mol. The maximum atomic E-state index is 12.2. The summed E-state index contributed by atoms with van der Waals surface area (Å²) in [4.78, 5) is 16.6. The first-order valence-corrected chi connectivity index (χ1v) is 7.17. The van der Waals surface area contributed by atoms with Gasteiger partial charge in [0, 0.05) is 25.5 Å². The van der Waals surface area contributed by atoms with Crippen LogP contribution in [0.25, 0.3) is 0 Å². The molecule has 0 saturated carbocycles. The number of carbonyl (C=O) groups excluding carboxylic acids is 1. The third kappa shape index (κ3) is 2.69. The highest BCUT2D eigenvalue weighted by atomic mass is 16.5. The zero-order chi connectivity index (χ0) is 15.5. The number of amides is 1. The van der Waals surface area contributed by atoms with Crippen molar-refractivity contribution in [3.63, 3.8) is 0 Å². The lowest BCUT2D eigenvalue weighted by Crippen LogP contribution is -2.37. The van der Waals surface area contributed by atoms with Gasteiger partial charge in [-0.15, -0.1) is 0 Å². The van der Waals surface area contributed by atoms with Gasteiger partial charge in [-0.2, -0.15) is 0 Å². The Bertz CT molecular complexity index is 651. The highest BCUT2D eigenvalue weighted by Gasteiger charge is 2.34. The van der Waals surface area contributed by atoms with Crippen LogP contribution in [0.1, 0.15) is 35.8 Å². The Morgan fingerprint density at radius 1 is 1.59 bits per heavy atom. The molecule has 22 heavy (non-hydrogen) atoms. The second-order valence-corrected chi connectivity index (χ2v) is 4.97. The summed E-state index contributed by atoms with van der Waals surface area (Å²) in [6.07, 6.45) is 4.10. The van der Waals surface area contributed by atoms with E-state index in [4.69, 9.17) is 14.0 Å². The molecule has 1 amide bonds. The van der Waals surface area contributed by atoms with Crippen molar-refractivity contribution >= 4 is 5.91 Å². The molecule has 1 N–H and O–H groups in total. The summed E-state index contributed by atoms with van der Waals surface area (Å²) in [5.74, 6) is 0.860. The number of rotatable bonds is 5. The van der Waals surface area contributed by atoms with Crippen molar-refractivity contribution in [2.75, 3.05) is 13.7 Å². The topological polar surface area (TPSA) is 91.4 Å². The minimum Gasteiger partial charge on any atom is -0.479 e. The number of ether oxygens (including phenoxy) is 2. The molecule has 1 aliphatic heterocycles. The molecule has 0 aliphatic carbocycles. The number of hydrogen-bond acceptors (Lipinski definition) is 6. The lowest BCUT2D eigenvalue weighted by Gasteiger charge is -2.19. The van der Waals surface area contributed by atoms with E-state index in [9.17, 15) is 4.79 Å². The predicted octanol–water partition coefficient (Wildman–Crippen LogP) is 1.16. The van der Waals surface area contributed by atoms with E-state index in [1.54, 1.807) is 6.20 Å². The molecule has 0 radical (unpaired) electrons. The minimum atomic E-state index is -0.342. The molecule has 3 rings (SSSR count). The van der Waals surface area contributed by atoms with E-state index in [-0.39, 0.29) is 29.7 Å². The van der Waals surface area contributed by atoms with E-state index in [2.05, 4.69) is 15.5 Å². The van der Waals surface area contributed by atoms with Gasteiger partial charge in [-0.3, -0.25) is 4.79 Å². The van der Waals surface area contributed by atoms with Crippen LogP contribution in [0.15, 0.2) is 23.0 Å². The first-order chi connectivity index (χ1) is 10.7. The number of hydrogen-bond donors (Lipinski definition) is 1. The van der Waals surface area contributed by atoms with Crippen molar-refractivity contribution in [2.24, 2.45) is 0 Å². The summed E-state index contributed by atoms with van der Waals surface area (Å²) in [6.45, 7) is 3.41. The quantitative estimate of drug-likeness (QED) is 0.891. The lowest BCUT2D eigenvalue weighted by molar-refractivity contribution is 0.0754. The van der Waals surface area contributed by atoms with Crippen molar-refractivity contribution in [1.29, 1.82) is 0 Å². The number of aryl methyl sites for hydroxylation is 1. The molecule has 3 heterocycles. The molecule has 0 bridgehead atoms. The maximum Gasteiger partial charge on any atom is 0.290 e. The number of nitrogens with zero attached hydrogens (tertiary/aromatic N) is 3. The first kappa shape index (κ1) is 14.6. The standard InChI is InChI=1S/C14H18N4O4/c1-3-18-6-5-15-13(18)12-9(4-7-21-12)16-14(19)10-8-11(20-2)17-22-10/h5-6,8-9,12H,3-4,7H2,1-2H3,(H,16,19)/t9-,12-/m0/s1. The van der Waals surface area contributed by atoms with Crippen molar-refractivity contribution in [3.8, 4) is 5.88 Å². The smallest absolute Gasteiger partial charge is 0.290 e. The molecule has 118 valence electrons. The van der Waals surface area contributed by atoms with Crippen LogP contribution in [0, 0.1) is 0 Å². The zero-order valence-corrected chi connectivity index (χ0v) is 12.5. The van der Waals surface area contributed by atoms with Gasteiger partial charge in [-0.1, -0.05) is 0 Å². The Morgan fingerprint density at radius 2 is 2.45 bits per heavy atom. The highest BCUT2D eigenvalue weighted by molar-refractivity contribution is 5.91. The van der Waals surface area contributed by atoms with Crippen LogP contribution in [0.3, 0.4) is 0 Å². The number of aromatic nitrogens is 3. The van der Waals surface area contributed by atoms with E-state index in [1.165, 1.54) is 13.2 Å². The third-order valence-corrected chi connectivity index (χ3v) is 3.67. The van der Waals surface area contributed by atoms with Crippen molar-refractivity contribution in [2.45, 2.75) is 32.0 Å². The Hall–Kier alpha value is -2.35. The van der Waals surface area contributed by atoms with E-state index in [0.717, 1.165) is 18.8 Å². The summed E-state index contributed by atoms with van der Waals surface area (Å²) in [5.41, 5.74) is 0. The largest absolute Gasteiger partial charge is 0.479 e. The van der Waals surface area contributed by atoms with Gasteiger partial charge < -0.3 is 23.9 Å². The maximum absolute atomic E-state index is 12.2. The van der Waals surface area contributed by atoms with Crippen LogP contribution in [0.4, 0.5) is 0 Å². The second kappa shape index (κ2) is 6.18. The number of imidazole rings is 1. The molecule has 8 heteroatoms. The summed E-state index contributed by atoms with van der Waals surface area (Å²) < 4.78 is 17.6. The zero-order valence-electron chi connectivity index (χ0n) is 12.5. The summed E-state index contributed by atoms with van der Waals surface area (Å²) in [6, 6.07) is 1.30. The average molecular weight is 306 g/mol. The van der Waals surface area contributed by atoms with E-state index < -0.39 is 0 Å². The Balaban J connectivity index is 1.72. The Kier molecular flexibility index (Phi) is 4.10. The van der Waals surface area contributed by atoms with Gasteiger partial charge in [-0.05, 0) is 18.5 Å². The molecular weight excluding hydrogens is 288 g/mol. The number of methoxy groups -OCH3 is 1. The Morgan fingerprint density at radius 3 is 3.18 bits per heavy atom. The minimum absolute atomic E-state index is 0.112. The fourth-order valence-corrected chi connectivity index (χ4v) is 2.54. The number of carbonyl (C=O) groups is 1.